The molecule has 3 N–H and O–H groups in total. The van der Waals surface area contributed by atoms with Crippen LogP contribution >= 0.6 is 0 Å². The number of nitrogens with one attached hydrogen (secondary N) is 1. The Morgan fingerprint density at radius 3 is 2.80 bits per heavy atom. The zero-order valence-electron chi connectivity index (χ0n) is 10.5. The van der Waals surface area contributed by atoms with Gasteiger partial charge in [0.25, 0.3) is 5.91 Å². The van der Waals surface area contributed by atoms with E-state index < -0.39 is 17.5 Å². The highest BCUT2D eigenvalue weighted by atomic mass is 19.2. The van der Waals surface area contributed by atoms with Crippen molar-refractivity contribution in [2.45, 2.75) is 13.0 Å². The van der Waals surface area contributed by atoms with Gasteiger partial charge in [0.1, 0.15) is 0 Å². The summed E-state index contributed by atoms with van der Waals surface area (Å²) >= 11 is 0. The summed E-state index contributed by atoms with van der Waals surface area (Å²) in [6, 6.07) is 1.58. The normalized spacial score (nSPS) is 10.5. The Morgan fingerprint density at radius 2 is 2.10 bits per heavy atom. The number of hydrogen-bond acceptors (Lipinski definition) is 4. The summed E-state index contributed by atoms with van der Waals surface area (Å²) in [7, 11) is 0. The minimum atomic E-state index is -1.10. The van der Waals surface area contributed by atoms with Crippen LogP contribution in [-0.4, -0.2) is 27.4 Å². The molecule has 0 spiro atoms. The molecule has 20 heavy (non-hydrogen) atoms. The SMILES string of the molecule is Nc1cc(F)c(F)cc1C(=O)NCCCn1ccnn1. The lowest BCUT2D eigenvalue weighted by atomic mass is 10.1. The Kier molecular flexibility index (Phi) is 4.24. The highest BCUT2D eigenvalue weighted by Gasteiger charge is 2.13. The van der Waals surface area contributed by atoms with Crippen molar-refractivity contribution in [1.82, 2.24) is 20.3 Å². The molecule has 6 nitrogen and oxygen atoms in total. The average Bonchev–Trinajstić information content (AvgIpc) is 2.92. The summed E-state index contributed by atoms with van der Waals surface area (Å²) in [5, 5.41) is 9.99. The van der Waals surface area contributed by atoms with Gasteiger partial charge >= 0.3 is 0 Å². The van der Waals surface area contributed by atoms with Gasteiger partial charge in [-0.05, 0) is 12.5 Å². The van der Waals surface area contributed by atoms with E-state index in [-0.39, 0.29) is 11.3 Å². The topological polar surface area (TPSA) is 85.8 Å². The zero-order valence-corrected chi connectivity index (χ0v) is 10.5. The molecular formula is C12H13F2N5O. The van der Waals surface area contributed by atoms with E-state index in [0.717, 1.165) is 12.1 Å². The first-order chi connectivity index (χ1) is 9.58. The molecule has 1 aromatic carbocycles. The van der Waals surface area contributed by atoms with E-state index in [4.69, 9.17) is 5.73 Å². The molecular weight excluding hydrogens is 268 g/mol. The van der Waals surface area contributed by atoms with Gasteiger partial charge in [-0.15, -0.1) is 5.10 Å². The summed E-state index contributed by atoms with van der Waals surface area (Å²) < 4.78 is 27.6. The number of aromatic nitrogens is 3. The number of anilines is 1. The second-order valence-electron chi connectivity index (χ2n) is 4.13. The van der Waals surface area contributed by atoms with Crippen LogP contribution in [0.15, 0.2) is 24.5 Å². The number of carbonyl (C=O) groups excluding carboxylic acids is 1. The molecule has 2 aromatic rings. The Morgan fingerprint density at radius 1 is 1.35 bits per heavy atom. The van der Waals surface area contributed by atoms with Crippen molar-refractivity contribution in [1.29, 1.82) is 0 Å². The van der Waals surface area contributed by atoms with Crippen LogP contribution in [-0.2, 0) is 6.54 Å². The molecule has 8 heteroatoms. The van der Waals surface area contributed by atoms with Crippen molar-refractivity contribution >= 4 is 11.6 Å². The van der Waals surface area contributed by atoms with E-state index in [2.05, 4.69) is 15.6 Å². The van der Waals surface area contributed by atoms with Gasteiger partial charge in [-0.1, -0.05) is 5.21 Å². The van der Waals surface area contributed by atoms with Crippen LogP contribution in [0.2, 0.25) is 0 Å². The Bertz CT molecular complexity index is 600. The molecule has 0 fully saturated rings. The van der Waals surface area contributed by atoms with Gasteiger partial charge in [0.2, 0.25) is 0 Å². The predicted octanol–water partition coefficient (Wildman–Crippen LogP) is 0.959. The van der Waals surface area contributed by atoms with Crippen molar-refractivity contribution in [3.05, 3.63) is 41.7 Å². The quantitative estimate of drug-likeness (QED) is 0.631. The first-order valence-electron chi connectivity index (χ1n) is 5.94. The maximum Gasteiger partial charge on any atom is 0.253 e. The van der Waals surface area contributed by atoms with E-state index in [0.29, 0.717) is 19.5 Å². The molecule has 1 heterocycles. The first-order valence-corrected chi connectivity index (χ1v) is 5.94. The molecule has 0 bridgehead atoms. The smallest absolute Gasteiger partial charge is 0.253 e. The Labute approximate surface area is 113 Å². The van der Waals surface area contributed by atoms with Crippen molar-refractivity contribution in [3.63, 3.8) is 0 Å². The number of nitrogens with zero attached hydrogens (tertiary/aromatic N) is 3. The van der Waals surface area contributed by atoms with E-state index in [1.54, 1.807) is 17.1 Å². The minimum absolute atomic E-state index is 0.0790. The number of hydrogen-bond donors (Lipinski definition) is 2. The molecule has 0 aliphatic carbocycles. The van der Waals surface area contributed by atoms with Crippen LogP contribution in [0.5, 0.6) is 0 Å². The standard InChI is InChI=1S/C12H13F2N5O/c13-9-6-8(11(15)7-10(9)14)12(20)16-2-1-4-19-5-3-17-18-19/h3,5-7H,1-2,4,15H2,(H,16,20). The van der Waals surface area contributed by atoms with Crippen molar-refractivity contribution < 1.29 is 13.6 Å². The molecule has 0 aliphatic rings. The predicted molar refractivity (Wildman–Crippen MR) is 67.7 cm³/mol. The number of nitrogen functional groups attached to an aromatic ring is 1. The summed E-state index contributed by atoms with van der Waals surface area (Å²) in [6.07, 6.45) is 3.88. The van der Waals surface area contributed by atoms with E-state index >= 15 is 0 Å². The van der Waals surface area contributed by atoms with E-state index in [1.165, 1.54) is 0 Å². The fourth-order valence-corrected chi connectivity index (χ4v) is 1.65. The van der Waals surface area contributed by atoms with Crippen molar-refractivity contribution in [3.8, 4) is 0 Å². The molecule has 0 aliphatic heterocycles. The third kappa shape index (κ3) is 3.28. The van der Waals surface area contributed by atoms with Crippen LogP contribution < -0.4 is 11.1 Å². The lowest BCUT2D eigenvalue weighted by molar-refractivity contribution is 0.0953. The van der Waals surface area contributed by atoms with Crippen molar-refractivity contribution in [2.24, 2.45) is 0 Å². The minimum Gasteiger partial charge on any atom is -0.398 e. The fourth-order valence-electron chi connectivity index (χ4n) is 1.65. The number of amides is 1. The Hall–Kier alpha value is -2.51. The molecule has 1 amide bonds. The molecule has 0 saturated carbocycles. The number of carbonyl (C=O) groups is 1. The van der Waals surface area contributed by atoms with Crippen molar-refractivity contribution in [2.75, 3.05) is 12.3 Å². The average molecular weight is 281 g/mol. The van der Waals surface area contributed by atoms with Crippen LogP contribution in [0.3, 0.4) is 0 Å². The second kappa shape index (κ2) is 6.09. The van der Waals surface area contributed by atoms with Gasteiger partial charge in [-0.3, -0.25) is 9.48 Å². The number of halogens is 2. The molecule has 0 saturated heterocycles. The summed E-state index contributed by atoms with van der Waals surface area (Å²) in [5.74, 6) is -2.72. The summed E-state index contributed by atoms with van der Waals surface area (Å²) in [5.41, 5.74) is 5.30. The fraction of sp³-hybridized carbons (Fsp3) is 0.250. The van der Waals surface area contributed by atoms with E-state index in [1.807, 2.05) is 0 Å². The zero-order chi connectivity index (χ0) is 14.5. The molecule has 0 unspecified atom stereocenters. The monoisotopic (exact) mass is 281 g/mol. The highest BCUT2D eigenvalue weighted by molar-refractivity contribution is 5.99. The van der Waals surface area contributed by atoms with Gasteiger partial charge in [0.15, 0.2) is 11.6 Å². The van der Waals surface area contributed by atoms with Gasteiger partial charge in [0, 0.05) is 31.0 Å². The molecule has 0 radical (unpaired) electrons. The van der Waals surface area contributed by atoms with Crippen LogP contribution in [0.1, 0.15) is 16.8 Å². The highest BCUT2D eigenvalue weighted by Crippen LogP contribution is 2.16. The number of aryl methyl sites for hydroxylation is 1. The summed E-state index contributed by atoms with van der Waals surface area (Å²) in [6.45, 7) is 0.949. The number of benzene rings is 1. The van der Waals surface area contributed by atoms with Gasteiger partial charge in [0.05, 0.1) is 11.8 Å². The lowest BCUT2D eigenvalue weighted by Gasteiger charge is -2.08. The Balaban J connectivity index is 1.87. The third-order valence-corrected chi connectivity index (χ3v) is 2.66. The maximum absolute atomic E-state index is 13.1. The van der Waals surface area contributed by atoms with Crippen LogP contribution in [0.4, 0.5) is 14.5 Å². The van der Waals surface area contributed by atoms with Gasteiger partial charge in [-0.25, -0.2) is 8.78 Å². The second-order valence-corrected chi connectivity index (χ2v) is 4.13. The largest absolute Gasteiger partial charge is 0.398 e. The van der Waals surface area contributed by atoms with Crippen LogP contribution in [0, 0.1) is 11.6 Å². The third-order valence-electron chi connectivity index (χ3n) is 2.66. The summed E-state index contributed by atoms with van der Waals surface area (Å²) in [4.78, 5) is 11.8. The lowest BCUT2D eigenvalue weighted by Crippen LogP contribution is -2.26. The van der Waals surface area contributed by atoms with Gasteiger partial charge in [-0.2, -0.15) is 0 Å². The molecule has 106 valence electrons. The molecule has 1 aromatic heterocycles. The number of rotatable bonds is 5. The van der Waals surface area contributed by atoms with E-state index in [9.17, 15) is 13.6 Å². The number of nitrogens with two attached hydrogens (primary N) is 1. The molecule has 2 rings (SSSR count). The van der Waals surface area contributed by atoms with Crippen LogP contribution in [0.25, 0.3) is 0 Å². The maximum atomic E-state index is 13.1. The first kappa shape index (κ1) is 13.9. The molecule has 0 atom stereocenters. The van der Waals surface area contributed by atoms with Gasteiger partial charge < -0.3 is 11.1 Å².